The summed E-state index contributed by atoms with van der Waals surface area (Å²) < 4.78 is 10.1. The topological polar surface area (TPSA) is 37.0 Å². The van der Waals surface area contributed by atoms with Gasteiger partial charge in [0.15, 0.2) is 0 Å². The van der Waals surface area contributed by atoms with Crippen molar-refractivity contribution in [3.63, 3.8) is 0 Å². The van der Waals surface area contributed by atoms with Crippen molar-refractivity contribution < 1.29 is 9.47 Å². The molecule has 0 aromatic carbocycles. The summed E-state index contributed by atoms with van der Waals surface area (Å²) in [7, 11) is 5.51. The highest BCUT2D eigenvalue weighted by atomic mass is 16.5. The van der Waals surface area contributed by atoms with Gasteiger partial charge in [-0.05, 0) is 116 Å². The molecule has 270 valence electrons. The highest BCUT2D eigenvalue weighted by Crippen LogP contribution is 2.47. The summed E-state index contributed by atoms with van der Waals surface area (Å²) in [5, 5.41) is 2.75. The number of allylic oxidation sites excluding steroid dienone is 2. The van der Waals surface area contributed by atoms with Gasteiger partial charge in [-0.25, -0.2) is 0 Å². The number of hydrogen-bond donors (Lipinski definition) is 1. The van der Waals surface area contributed by atoms with E-state index in [9.17, 15) is 0 Å². The van der Waals surface area contributed by atoms with Gasteiger partial charge >= 0.3 is 0 Å². The average molecular weight is 638 g/mol. The molecule has 2 fully saturated rings. The number of ether oxygens (including phenoxy) is 2. The second-order valence-corrected chi connectivity index (χ2v) is 11.8. The number of terminal acetylenes is 1. The molecule has 1 saturated carbocycles. The first kappa shape index (κ1) is 50.4. The Morgan fingerprint density at radius 2 is 1.29 bits per heavy atom. The van der Waals surface area contributed by atoms with Crippen LogP contribution in [0, 0.1) is 23.7 Å². The molecule has 1 aliphatic carbocycles. The molecule has 0 aromatic heterocycles. The molecule has 45 heavy (non-hydrogen) atoms. The van der Waals surface area contributed by atoms with E-state index in [4.69, 9.17) is 9.47 Å². The Kier molecular flexibility index (Phi) is 43.3. The zero-order chi connectivity index (χ0) is 35.4. The zero-order valence-electron chi connectivity index (χ0n) is 33.2. The number of piperazine rings is 1. The highest BCUT2D eigenvalue weighted by Gasteiger charge is 2.35. The van der Waals surface area contributed by atoms with E-state index in [0.29, 0.717) is 5.41 Å². The van der Waals surface area contributed by atoms with Gasteiger partial charge in [0.2, 0.25) is 0 Å². The molecule has 0 atom stereocenters. The second-order valence-electron chi connectivity index (χ2n) is 11.8. The van der Waals surface area contributed by atoms with Crippen LogP contribution in [0.3, 0.4) is 0 Å². The van der Waals surface area contributed by atoms with Gasteiger partial charge in [-0.15, -0.1) is 12.3 Å². The van der Waals surface area contributed by atoms with Gasteiger partial charge in [-0.1, -0.05) is 74.1 Å². The molecule has 1 saturated heterocycles. The Morgan fingerprint density at radius 3 is 1.60 bits per heavy atom. The molecular formula is C40H83N3O2. The monoisotopic (exact) mass is 638 g/mol. The molecule has 5 nitrogen and oxygen atoms in total. The van der Waals surface area contributed by atoms with Crippen LogP contribution in [0.2, 0.25) is 0 Å². The highest BCUT2D eigenvalue weighted by molar-refractivity contribution is 5.26. The van der Waals surface area contributed by atoms with Gasteiger partial charge in [0.1, 0.15) is 0 Å². The summed E-state index contributed by atoms with van der Waals surface area (Å²) in [6.07, 6.45) is 23.7. The fraction of sp³-hybridized carbons (Fsp3) is 0.850. The van der Waals surface area contributed by atoms with Crippen molar-refractivity contribution in [2.45, 2.75) is 147 Å². The molecule has 0 amide bonds. The van der Waals surface area contributed by atoms with Crippen molar-refractivity contribution in [3.05, 3.63) is 23.6 Å². The number of hydrogen-bond acceptors (Lipinski definition) is 5. The first-order valence-electron chi connectivity index (χ1n) is 18.7. The van der Waals surface area contributed by atoms with Crippen molar-refractivity contribution in [3.8, 4) is 12.3 Å². The van der Waals surface area contributed by atoms with E-state index in [2.05, 4.69) is 75.1 Å². The summed E-state index contributed by atoms with van der Waals surface area (Å²) in [5.41, 5.74) is 3.66. The summed E-state index contributed by atoms with van der Waals surface area (Å²) in [6, 6.07) is 0. The summed E-state index contributed by atoms with van der Waals surface area (Å²) >= 11 is 0. The Hall–Kier alpha value is -1.48. The van der Waals surface area contributed by atoms with Crippen LogP contribution in [0.4, 0.5) is 0 Å². The van der Waals surface area contributed by atoms with Crippen LogP contribution < -0.4 is 5.32 Å². The lowest BCUT2D eigenvalue weighted by atomic mass is 9.65. The molecule has 1 heterocycles. The molecule has 0 aromatic rings. The van der Waals surface area contributed by atoms with Crippen molar-refractivity contribution in [1.29, 1.82) is 0 Å². The Bertz CT molecular complexity index is 656. The Labute approximate surface area is 285 Å². The predicted octanol–water partition coefficient (Wildman–Crippen LogP) is 10.6. The number of rotatable bonds is 13. The maximum absolute atomic E-state index is 5.31. The number of unbranched alkanes of at least 4 members (excludes halogenated alkanes) is 1. The lowest BCUT2D eigenvalue weighted by molar-refractivity contribution is 0.128. The SMILES string of the molecule is C#CC.CC.CCCC.CCCN1CCN(C(/C=C/OC)=C(/C)C2CCC(CCC)(CCC)CC2)CC1.CCOCC.CNC. The fourth-order valence-electron chi connectivity index (χ4n) is 5.91. The van der Waals surface area contributed by atoms with Crippen LogP contribution in [-0.4, -0.2) is 76.9 Å². The number of nitrogens with one attached hydrogen (secondary N) is 1. The third-order valence-corrected chi connectivity index (χ3v) is 8.15. The third kappa shape index (κ3) is 27.4. The molecule has 0 spiro atoms. The minimum atomic E-state index is 0.634. The van der Waals surface area contributed by atoms with Crippen molar-refractivity contribution >= 4 is 0 Å². The van der Waals surface area contributed by atoms with Crippen LogP contribution in [0.25, 0.3) is 0 Å². The summed E-state index contributed by atoms with van der Waals surface area (Å²) in [4.78, 5) is 5.21. The maximum Gasteiger partial charge on any atom is 0.0845 e. The third-order valence-electron chi connectivity index (χ3n) is 8.15. The van der Waals surface area contributed by atoms with Gasteiger partial charge in [0.25, 0.3) is 0 Å². The minimum absolute atomic E-state index is 0.634. The van der Waals surface area contributed by atoms with Gasteiger partial charge in [-0.3, -0.25) is 4.90 Å². The molecule has 5 heteroatoms. The molecule has 1 N–H and O–H groups in total. The van der Waals surface area contributed by atoms with Crippen LogP contribution in [0.5, 0.6) is 0 Å². The molecule has 0 radical (unpaired) electrons. The molecule has 2 aliphatic rings. The van der Waals surface area contributed by atoms with Crippen LogP contribution in [0.15, 0.2) is 23.6 Å². The minimum Gasteiger partial charge on any atom is -0.504 e. The van der Waals surface area contributed by atoms with Gasteiger partial charge < -0.3 is 19.7 Å². The number of nitrogens with zero attached hydrogens (tertiary/aromatic N) is 2. The van der Waals surface area contributed by atoms with E-state index in [-0.39, 0.29) is 0 Å². The van der Waals surface area contributed by atoms with E-state index >= 15 is 0 Å². The Balaban J connectivity index is -0.000000409. The fourth-order valence-corrected chi connectivity index (χ4v) is 5.91. The van der Waals surface area contributed by atoms with E-state index in [1.165, 1.54) is 96.0 Å². The Morgan fingerprint density at radius 1 is 0.844 bits per heavy atom. The van der Waals surface area contributed by atoms with E-state index in [0.717, 1.165) is 32.2 Å². The van der Waals surface area contributed by atoms with Crippen LogP contribution in [0.1, 0.15) is 147 Å². The average Bonchev–Trinajstić information content (AvgIpc) is 3.05. The van der Waals surface area contributed by atoms with E-state index in [1.54, 1.807) is 19.6 Å². The molecule has 0 bridgehead atoms. The smallest absolute Gasteiger partial charge is 0.0845 e. The molecule has 0 unspecified atom stereocenters. The first-order chi connectivity index (χ1) is 21.7. The van der Waals surface area contributed by atoms with Crippen LogP contribution >= 0.6 is 0 Å². The van der Waals surface area contributed by atoms with Gasteiger partial charge in [0, 0.05) is 45.1 Å². The molecule has 1 aliphatic heterocycles. The largest absolute Gasteiger partial charge is 0.504 e. The lowest BCUT2D eigenvalue weighted by Crippen LogP contribution is -2.46. The number of methoxy groups -OCH3 is 1. The summed E-state index contributed by atoms with van der Waals surface area (Å²) in [5.74, 6) is 2.99. The summed E-state index contributed by atoms with van der Waals surface area (Å²) in [6.45, 7) is 31.0. The lowest BCUT2D eigenvalue weighted by Gasteiger charge is -2.42. The normalized spacial score (nSPS) is 16.3. The maximum atomic E-state index is 5.31. The standard InChI is InChI=1S/C25H46N2O.C4H10O.C4H10.C3H4.C2H7N.C2H6/c1-6-12-25(13-7-2)14-9-23(10-15-25)22(4)24(11-21-28-5)27-19-17-26(16-8-3)18-20-27;1-3-5-4-2;1-3-4-2;2*1-3-2;1-2/h11,21,23H,6-10,12-20H2,1-5H3;3-4H2,1-2H3;3-4H2,1-2H3;1H,2H3;3H,1-2H3;1-2H3/b21-11+,24-22-;;;;;. The van der Waals surface area contributed by atoms with Gasteiger partial charge in [0.05, 0.1) is 13.4 Å². The molecule has 2 rings (SSSR count). The van der Waals surface area contributed by atoms with Gasteiger partial charge in [-0.2, -0.15) is 0 Å². The predicted molar refractivity (Wildman–Crippen MR) is 205 cm³/mol. The van der Waals surface area contributed by atoms with Crippen molar-refractivity contribution in [1.82, 2.24) is 15.1 Å². The second kappa shape index (κ2) is 38.7. The quantitative estimate of drug-likeness (QED) is 0.124. The molecular weight excluding hydrogens is 554 g/mol. The first-order valence-corrected chi connectivity index (χ1v) is 18.7. The van der Waals surface area contributed by atoms with Crippen molar-refractivity contribution in [2.75, 3.05) is 67.1 Å². The van der Waals surface area contributed by atoms with E-state index in [1.807, 2.05) is 48.1 Å². The van der Waals surface area contributed by atoms with E-state index < -0.39 is 0 Å². The zero-order valence-corrected chi connectivity index (χ0v) is 33.2. The van der Waals surface area contributed by atoms with Crippen molar-refractivity contribution in [2.24, 2.45) is 11.3 Å². The van der Waals surface area contributed by atoms with Crippen LogP contribution in [-0.2, 0) is 9.47 Å².